The maximum Gasteiger partial charge on any atom is 0.460 e. The zero-order chi connectivity index (χ0) is 36.5. The van der Waals surface area contributed by atoms with Crippen LogP contribution in [-0.4, -0.2) is 48.5 Å². The Morgan fingerprint density at radius 1 is 0.596 bits per heavy atom. The predicted octanol–water partition coefficient (Wildman–Crippen LogP) is 12.1. The van der Waals surface area contributed by atoms with Crippen LogP contribution in [-0.2, 0) is 11.3 Å². The molecule has 1 rings (SSSR count). The molecular formula is C32H45F13O2. The molecule has 1 aromatic rings. The Morgan fingerprint density at radius 2 is 1.09 bits per heavy atom. The Kier molecular flexibility index (Phi) is 15.7. The van der Waals surface area contributed by atoms with Gasteiger partial charge in [-0.2, -0.15) is 57.1 Å². The minimum atomic E-state index is -7.89. The normalized spacial score (nSPS) is 16.6. The van der Waals surface area contributed by atoms with Crippen molar-refractivity contribution in [2.24, 2.45) is 17.8 Å². The average Bonchev–Trinajstić information content (AvgIpc) is 2.97. The highest BCUT2D eigenvalue weighted by molar-refractivity contribution is 5.26. The topological polar surface area (TPSA) is 18.5 Å². The van der Waals surface area contributed by atoms with Crippen molar-refractivity contribution in [2.75, 3.05) is 6.61 Å². The van der Waals surface area contributed by atoms with Gasteiger partial charge in [-0.3, -0.25) is 0 Å². The van der Waals surface area contributed by atoms with Crippen molar-refractivity contribution < 1.29 is 66.5 Å². The van der Waals surface area contributed by atoms with E-state index < -0.39 is 55.2 Å². The molecule has 47 heavy (non-hydrogen) atoms. The second-order valence-electron chi connectivity index (χ2n) is 12.6. The van der Waals surface area contributed by atoms with Crippen LogP contribution in [0.1, 0.15) is 98.0 Å². The molecule has 0 saturated carbocycles. The van der Waals surface area contributed by atoms with Gasteiger partial charge in [-0.05, 0) is 55.2 Å². The molecule has 1 aromatic carbocycles. The summed E-state index contributed by atoms with van der Waals surface area (Å²) in [7, 11) is 0. The first-order chi connectivity index (χ1) is 21.4. The number of hydrogen-bond acceptors (Lipinski definition) is 2. The van der Waals surface area contributed by atoms with Gasteiger partial charge in [0.2, 0.25) is 0 Å². The van der Waals surface area contributed by atoms with Gasteiger partial charge in [-0.15, -0.1) is 0 Å². The summed E-state index contributed by atoms with van der Waals surface area (Å²) in [6, 6.07) is 5.85. The van der Waals surface area contributed by atoms with E-state index in [2.05, 4.69) is 27.7 Å². The lowest BCUT2D eigenvalue weighted by atomic mass is 9.91. The summed E-state index contributed by atoms with van der Waals surface area (Å²) < 4.78 is 183. The molecule has 0 amide bonds. The second kappa shape index (κ2) is 17.1. The van der Waals surface area contributed by atoms with Crippen molar-refractivity contribution in [1.29, 1.82) is 0 Å². The Hall–Kier alpha value is -1.93. The third-order valence-corrected chi connectivity index (χ3v) is 8.59. The van der Waals surface area contributed by atoms with E-state index in [0.29, 0.717) is 17.4 Å². The number of alkyl halides is 13. The molecule has 0 saturated heterocycles. The highest BCUT2D eigenvalue weighted by atomic mass is 19.4. The fourth-order valence-electron chi connectivity index (χ4n) is 4.70. The van der Waals surface area contributed by atoms with E-state index >= 15 is 0 Å². The van der Waals surface area contributed by atoms with E-state index in [1.165, 1.54) is 37.8 Å². The molecule has 0 unspecified atom stereocenters. The summed E-state index contributed by atoms with van der Waals surface area (Å²) in [5.74, 6) is -35.0. The van der Waals surface area contributed by atoms with Crippen LogP contribution in [0.2, 0.25) is 0 Å². The Balaban J connectivity index is 2.55. The summed E-state index contributed by atoms with van der Waals surface area (Å²) >= 11 is 0. The van der Waals surface area contributed by atoms with E-state index in [4.69, 9.17) is 9.47 Å². The molecule has 0 fully saturated rings. The van der Waals surface area contributed by atoms with Crippen molar-refractivity contribution in [3.05, 3.63) is 29.8 Å². The van der Waals surface area contributed by atoms with E-state index in [1.807, 2.05) is 6.92 Å². The molecule has 4 atom stereocenters. The number of halogens is 13. The van der Waals surface area contributed by atoms with Crippen molar-refractivity contribution >= 4 is 0 Å². The van der Waals surface area contributed by atoms with Gasteiger partial charge < -0.3 is 9.47 Å². The molecule has 0 aliphatic carbocycles. The Morgan fingerprint density at radius 3 is 1.60 bits per heavy atom. The molecule has 2 nitrogen and oxygen atoms in total. The van der Waals surface area contributed by atoms with Gasteiger partial charge in [0.25, 0.3) is 0 Å². The predicted molar refractivity (Wildman–Crippen MR) is 152 cm³/mol. The minimum Gasteiger partial charge on any atom is -0.494 e. The molecule has 0 spiro atoms. The highest BCUT2D eigenvalue weighted by Gasteiger charge is 2.90. The van der Waals surface area contributed by atoms with Gasteiger partial charge in [-0.25, -0.2) is 0 Å². The van der Waals surface area contributed by atoms with E-state index in [9.17, 15) is 57.1 Å². The van der Waals surface area contributed by atoms with Crippen LogP contribution in [0.4, 0.5) is 57.1 Å². The van der Waals surface area contributed by atoms with Gasteiger partial charge >= 0.3 is 35.8 Å². The molecule has 15 heteroatoms. The summed E-state index contributed by atoms with van der Waals surface area (Å²) in [4.78, 5) is 0. The van der Waals surface area contributed by atoms with Crippen molar-refractivity contribution in [3.8, 4) is 5.75 Å². The third kappa shape index (κ3) is 11.0. The molecule has 0 aliphatic heterocycles. The molecular weight excluding hydrogens is 663 g/mol. The first-order valence-corrected chi connectivity index (χ1v) is 15.6. The van der Waals surface area contributed by atoms with Crippen LogP contribution in [0.5, 0.6) is 5.75 Å². The maximum atomic E-state index is 13.9. The molecule has 276 valence electrons. The second-order valence-corrected chi connectivity index (χ2v) is 12.6. The quantitative estimate of drug-likeness (QED) is 0.0882. The molecule has 0 aliphatic rings. The van der Waals surface area contributed by atoms with Crippen molar-refractivity contribution in [2.45, 2.75) is 141 Å². The summed E-state index contributed by atoms with van der Waals surface area (Å²) in [6.45, 7) is 10.2. The third-order valence-electron chi connectivity index (χ3n) is 8.59. The molecule has 0 heterocycles. The first-order valence-electron chi connectivity index (χ1n) is 15.6. The van der Waals surface area contributed by atoms with Crippen LogP contribution in [0.3, 0.4) is 0 Å². The van der Waals surface area contributed by atoms with Gasteiger partial charge in [0.05, 0.1) is 19.3 Å². The molecule has 0 bridgehead atoms. The maximum absolute atomic E-state index is 13.9. The largest absolute Gasteiger partial charge is 0.494 e. The van der Waals surface area contributed by atoms with Crippen LogP contribution in [0.15, 0.2) is 24.3 Å². The molecule has 0 radical (unpaired) electrons. The van der Waals surface area contributed by atoms with E-state index in [1.54, 1.807) is 12.1 Å². The smallest absolute Gasteiger partial charge is 0.460 e. The van der Waals surface area contributed by atoms with Gasteiger partial charge in [0.15, 0.2) is 0 Å². The lowest BCUT2D eigenvalue weighted by molar-refractivity contribution is -0.440. The Labute approximate surface area is 267 Å². The summed E-state index contributed by atoms with van der Waals surface area (Å²) in [5.41, 5.74) is 0.705. The van der Waals surface area contributed by atoms with Gasteiger partial charge in [-0.1, -0.05) is 78.4 Å². The molecule has 0 N–H and O–H groups in total. The van der Waals surface area contributed by atoms with E-state index in [-0.39, 0.29) is 18.5 Å². The van der Waals surface area contributed by atoms with Crippen LogP contribution < -0.4 is 4.74 Å². The number of hydrogen-bond donors (Lipinski definition) is 0. The molecule has 0 aromatic heterocycles. The average molecular weight is 709 g/mol. The fraction of sp³-hybridized carbons (Fsp3) is 0.812. The van der Waals surface area contributed by atoms with Crippen molar-refractivity contribution in [3.63, 3.8) is 0 Å². The Bertz CT molecular complexity index is 1040. The monoisotopic (exact) mass is 708 g/mol. The van der Waals surface area contributed by atoms with Crippen LogP contribution in [0, 0.1) is 17.8 Å². The lowest BCUT2D eigenvalue weighted by Gasteiger charge is -2.39. The zero-order valence-electron chi connectivity index (χ0n) is 27.1. The van der Waals surface area contributed by atoms with Crippen molar-refractivity contribution in [1.82, 2.24) is 0 Å². The van der Waals surface area contributed by atoms with Crippen LogP contribution >= 0.6 is 0 Å². The SMILES string of the molecule is CC[C@H](C)CCC[C@H](C)CCC[C@H](C)[C@@H](C)OCc1ccc(OCCCC(F)(F)C(F)(F)C(F)(F)C(F)(F)C(F)(F)C(F)(F)F)cc1. The summed E-state index contributed by atoms with van der Waals surface area (Å²) in [6.07, 6.45) is -2.84. The van der Waals surface area contributed by atoms with Crippen LogP contribution in [0.25, 0.3) is 0 Å². The zero-order valence-corrected chi connectivity index (χ0v) is 27.1. The first kappa shape index (κ1) is 43.1. The number of benzene rings is 1. The van der Waals surface area contributed by atoms with E-state index in [0.717, 1.165) is 25.2 Å². The minimum absolute atomic E-state index is 0.0326. The number of ether oxygens (including phenoxy) is 2. The lowest BCUT2D eigenvalue weighted by Crippen LogP contribution is -2.70. The summed E-state index contributed by atoms with van der Waals surface area (Å²) in [5, 5.41) is 0. The van der Waals surface area contributed by atoms with Gasteiger partial charge in [0, 0.05) is 6.42 Å². The van der Waals surface area contributed by atoms with Gasteiger partial charge in [0.1, 0.15) is 5.75 Å². The number of rotatable bonds is 22. The standard InChI is InChI=1S/C32H45F13O2/c1-6-21(2)10-7-11-22(3)12-8-13-23(4)24(5)47-20-25-14-16-26(17-15-25)46-19-9-18-27(33,34)28(35,36)29(37,38)30(39,40)31(41,42)32(43,44)45/h14-17,21-24H,6-13,18-20H2,1-5H3/t21-,22-,23-,24+/m0/s1. The highest BCUT2D eigenvalue weighted by Crippen LogP contribution is 2.60. The fourth-order valence-corrected chi connectivity index (χ4v) is 4.70.